The lowest BCUT2D eigenvalue weighted by Crippen LogP contribution is -2.45. The molecular formula is C23H32Cl2N4O2. The highest BCUT2D eigenvalue weighted by Crippen LogP contribution is 2.29. The average Bonchev–Trinajstić information content (AvgIpc) is 3.11. The van der Waals surface area contributed by atoms with Gasteiger partial charge in [0.2, 0.25) is 11.8 Å². The molecule has 2 rings (SSSR count). The molecule has 0 fully saturated rings. The predicted molar refractivity (Wildman–Crippen MR) is 127 cm³/mol. The number of para-hydroxylation sites is 1. The van der Waals surface area contributed by atoms with Gasteiger partial charge in [0.05, 0.1) is 28.4 Å². The first-order valence-corrected chi connectivity index (χ1v) is 11.3. The van der Waals surface area contributed by atoms with Gasteiger partial charge < -0.3 is 10.2 Å². The molecule has 31 heavy (non-hydrogen) atoms. The Morgan fingerprint density at radius 3 is 2.35 bits per heavy atom. The van der Waals surface area contributed by atoms with Gasteiger partial charge in [-0.25, -0.2) is 4.68 Å². The molecule has 6 nitrogen and oxygen atoms in total. The molecule has 0 bridgehead atoms. The summed E-state index contributed by atoms with van der Waals surface area (Å²) in [5, 5.41) is 8.13. The lowest BCUT2D eigenvalue weighted by atomic mass is 9.92. The summed E-state index contributed by atoms with van der Waals surface area (Å²) in [6.45, 7) is 12.1. The van der Waals surface area contributed by atoms with Crippen LogP contribution in [0, 0.1) is 5.41 Å². The van der Waals surface area contributed by atoms with Crippen molar-refractivity contribution < 1.29 is 9.59 Å². The lowest BCUT2D eigenvalue weighted by Gasteiger charge is -2.30. The van der Waals surface area contributed by atoms with Gasteiger partial charge in [0.1, 0.15) is 5.82 Å². The van der Waals surface area contributed by atoms with Crippen molar-refractivity contribution >= 4 is 40.8 Å². The summed E-state index contributed by atoms with van der Waals surface area (Å²) in [6.07, 6.45) is 0.739. The van der Waals surface area contributed by atoms with E-state index < -0.39 is 5.41 Å². The highest BCUT2D eigenvalue weighted by molar-refractivity contribution is 6.32. The third-order valence-corrected chi connectivity index (χ3v) is 5.84. The third-order valence-electron chi connectivity index (χ3n) is 4.85. The van der Waals surface area contributed by atoms with Crippen LogP contribution in [0.15, 0.2) is 30.3 Å². The van der Waals surface area contributed by atoms with Gasteiger partial charge in [-0.2, -0.15) is 5.10 Å². The molecular weight excluding hydrogens is 435 g/mol. The maximum absolute atomic E-state index is 12.9. The van der Waals surface area contributed by atoms with Crippen molar-refractivity contribution in [2.75, 3.05) is 24.3 Å². The molecule has 1 aromatic carbocycles. The first-order chi connectivity index (χ1) is 14.4. The van der Waals surface area contributed by atoms with Crippen molar-refractivity contribution in [2.45, 2.75) is 53.4 Å². The number of anilines is 1. The topological polar surface area (TPSA) is 67.2 Å². The fourth-order valence-electron chi connectivity index (χ4n) is 3.01. The minimum atomic E-state index is -0.740. The minimum Gasteiger partial charge on any atom is -0.333 e. The van der Waals surface area contributed by atoms with Crippen LogP contribution in [0.1, 0.15) is 53.7 Å². The Labute approximate surface area is 194 Å². The number of nitrogens with one attached hydrogen (secondary N) is 1. The van der Waals surface area contributed by atoms with E-state index >= 15 is 0 Å². The number of alkyl halides is 1. The zero-order valence-corrected chi connectivity index (χ0v) is 20.6. The number of nitrogens with zero attached hydrogens (tertiary/aromatic N) is 3. The predicted octanol–water partition coefficient (Wildman–Crippen LogP) is 5.27. The Bertz CT molecular complexity index is 932. The maximum Gasteiger partial charge on any atom is 0.245 e. The summed E-state index contributed by atoms with van der Waals surface area (Å²) in [6, 6.07) is 9.16. The van der Waals surface area contributed by atoms with Crippen LogP contribution < -0.4 is 5.32 Å². The summed E-state index contributed by atoms with van der Waals surface area (Å²) in [7, 11) is 0. The fourth-order valence-corrected chi connectivity index (χ4v) is 3.34. The molecule has 0 radical (unpaired) electrons. The highest BCUT2D eigenvalue weighted by Gasteiger charge is 2.32. The molecule has 0 unspecified atom stereocenters. The molecule has 2 aromatic rings. The molecule has 170 valence electrons. The van der Waals surface area contributed by atoms with E-state index in [1.54, 1.807) is 29.5 Å². The van der Waals surface area contributed by atoms with Crippen molar-refractivity contribution in [3.63, 3.8) is 0 Å². The fraction of sp³-hybridized carbons (Fsp3) is 0.522. The van der Waals surface area contributed by atoms with Crippen molar-refractivity contribution in [3.05, 3.63) is 41.0 Å². The number of carbonyl (C=O) groups excluding carboxylic acids is 2. The summed E-state index contributed by atoms with van der Waals surface area (Å²) in [5.41, 5.74) is 0.517. The SMILES string of the molecule is CCCN(CC(=O)Nc1cc(C(C)(C)C)nn1-c1ccccc1Cl)C(=O)C(C)(C)CCl. The van der Waals surface area contributed by atoms with Gasteiger partial charge in [-0.05, 0) is 32.4 Å². The number of halogens is 2. The smallest absolute Gasteiger partial charge is 0.245 e. The number of carbonyl (C=O) groups is 2. The standard InChI is InChI=1S/C23H32Cl2N4O2/c1-7-12-28(21(31)23(5,6)15-24)14-20(30)26-19-13-18(22(2,3)4)27-29(19)17-11-9-8-10-16(17)25/h8-11,13H,7,12,14-15H2,1-6H3,(H,26,30). The minimum absolute atomic E-state index is 0.0639. The van der Waals surface area contributed by atoms with Gasteiger partial charge in [0.25, 0.3) is 0 Å². The molecule has 2 amide bonds. The van der Waals surface area contributed by atoms with E-state index in [9.17, 15) is 9.59 Å². The third kappa shape index (κ3) is 6.23. The van der Waals surface area contributed by atoms with Crippen LogP contribution in [0.25, 0.3) is 5.69 Å². The Morgan fingerprint density at radius 2 is 1.81 bits per heavy atom. The van der Waals surface area contributed by atoms with E-state index in [-0.39, 0.29) is 29.7 Å². The molecule has 0 aliphatic carbocycles. The quantitative estimate of drug-likeness (QED) is 0.539. The number of rotatable bonds is 8. The summed E-state index contributed by atoms with van der Waals surface area (Å²) < 4.78 is 1.63. The monoisotopic (exact) mass is 466 g/mol. The normalized spacial score (nSPS) is 12.0. The first kappa shape index (κ1) is 25.2. The number of amides is 2. The number of benzene rings is 1. The second kappa shape index (κ2) is 10.0. The molecule has 8 heteroatoms. The maximum atomic E-state index is 12.9. The Kier molecular flexibility index (Phi) is 8.17. The molecule has 0 atom stereocenters. The number of hydrogen-bond acceptors (Lipinski definition) is 3. The van der Waals surface area contributed by atoms with Crippen LogP contribution in [0.4, 0.5) is 5.82 Å². The van der Waals surface area contributed by atoms with Gasteiger partial charge in [-0.3, -0.25) is 9.59 Å². The number of hydrogen-bond donors (Lipinski definition) is 1. The van der Waals surface area contributed by atoms with Crippen LogP contribution in [-0.4, -0.2) is 45.5 Å². The molecule has 1 aromatic heterocycles. The second-order valence-electron chi connectivity index (χ2n) is 9.32. The van der Waals surface area contributed by atoms with E-state index in [1.165, 1.54) is 0 Å². The lowest BCUT2D eigenvalue weighted by molar-refractivity contribution is -0.141. The van der Waals surface area contributed by atoms with Crippen LogP contribution in [-0.2, 0) is 15.0 Å². The molecule has 1 heterocycles. The highest BCUT2D eigenvalue weighted by atomic mass is 35.5. The second-order valence-corrected chi connectivity index (χ2v) is 9.99. The van der Waals surface area contributed by atoms with Crippen LogP contribution in [0.2, 0.25) is 5.02 Å². The Hall–Kier alpha value is -2.05. The Balaban J connectivity index is 2.34. The van der Waals surface area contributed by atoms with Crippen molar-refractivity contribution in [1.29, 1.82) is 0 Å². The van der Waals surface area contributed by atoms with Crippen molar-refractivity contribution in [2.24, 2.45) is 5.41 Å². The van der Waals surface area contributed by atoms with E-state index in [2.05, 4.69) is 10.4 Å². The molecule has 0 aliphatic rings. The molecule has 1 N–H and O–H groups in total. The van der Waals surface area contributed by atoms with Crippen molar-refractivity contribution in [3.8, 4) is 5.69 Å². The van der Waals surface area contributed by atoms with Crippen LogP contribution >= 0.6 is 23.2 Å². The zero-order valence-electron chi connectivity index (χ0n) is 19.1. The number of aromatic nitrogens is 2. The van der Waals surface area contributed by atoms with Gasteiger partial charge in [0.15, 0.2) is 0 Å². The summed E-state index contributed by atoms with van der Waals surface area (Å²) >= 11 is 12.4. The zero-order chi connectivity index (χ0) is 23.4. The molecule has 0 aliphatic heterocycles. The summed E-state index contributed by atoms with van der Waals surface area (Å²) in [4.78, 5) is 27.4. The first-order valence-electron chi connectivity index (χ1n) is 10.4. The van der Waals surface area contributed by atoms with E-state index in [1.807, 2.05) is 52.0 Å². The van der Waals surface area contributed by atoms with Crippen LogP contribution in [0.5, 0.6) is 0 Å². The summed E-state index contributed by atoms with van der Waals surface area (Å²) in [5.74, 6) is 0.237. The average molecular weight is 467 g/mol. The molecule has 0 saturated heterocycles. The van der Waals surface area contributed by atoms with Gasteiger partial charge in [-0.15, -0.1) is 11.6 Å². The molecule has 0 saturated carbocycles. The van der Waals surface area contributed by atoms with E-state index in [0.717, 1.165) is 12.1 Å². The van der Waals surface area contributed by atoms with Gasteiger partial charge in [-0.1, -0.05) is 51.4 Å². The van der Waals surface area contributed by atoms with E-state index in [0.29, 0.717) is 23.1 Å². The Morgan fingerprint density at radius 1 is 1.16 bits per heavy atom. The van der Waals surface area contributed by atoms with Crippen LogP contribution in [0.3, 0.4) is 0 Å². The van der Waals surface area contributed by atoms with Crippen molar-refractivity contribution in [1.82, 2.24) is 14.7 Å². The van der Waals surface area contributed by atoms with E-state index in [4.69, 9.17) is 23.2 Å². The largest absolute Gasteiger partial charge is 0.333 e. The molecule has 0 spiro atoms. The van der Waals surface area contributed by atoms with Gasteiger partial charge in [0, 0.05) is 23.9 Å². The van der Waals surface area contributed by atoms with Gasteiger partial charge >= 0.3 is 0 Å².